The largest absolute Gasteiger partial charge is 0.485 e. The molecule has 3 heterocycles. The molecule has 0 spiro atoms. The van der Waals surface area contributed by atoms with Crippen LogP contribution >= 0.6 is 11.3 Å². The second kappa shape index (κ2) is 7.18. The molecule has 5 rings (SSSR count). The number of anilines is 1. The fraction of sp³-hybridized carbons (Fsp3) is 0.136. The minimum Gasteiger partial charge on any atom is -0.485 e. The number of aromatic nitrogens is 2. The molecule has 0 fully saturated rings. The summed E-state index contributed by atoms with van der Waals surface area (Å²) >= 11 is 1.52. The molecule has 0 radical (unpaired) electrons. The van der Waals surface area contributed by atoms with Gasteiger partial charge in [-0.25, -0.2) is 9.97 Å². The van der Waals surface area contributed by atoms with E-state index >= 15 is 0 Å². The average Bonchev–Trinajstić information content (AvgIpc) is 3.19. The summed E-state index contributed by atoms with van der Waals surface area (Å²) in [5.74, 6) is 0.983. The summed E-state index contributed by atoms with van der Waals surface area (Å²) in [7, 11) is 0. The smallest absolute Gasteiger partial charge is 0.269 e. The zero-order chi connectivity index (χ0) is 19.8. The van der Waals surface area contributed by atoms with Gasteiger partial charge in [0, 0.05) is 17.4 Å². The average molecular weight is 403 g/mol. The van der Waals surface area contributed by atoms with Gasteiger partial charge in [-0.2, -0.15) is 0 Å². The molecule has 4 aromatic rings. The van der Waals surface area contributed by atoms with E-state index in [2.05, 4.69) is 15.3 Å². The zero-order valence-corrected chi connectivity index (χ0v) is 16.4. The molecule has 6 nitrogen and oxygen atoms in total. The number of para-hydroxylation sites is 2. The minimum atomic E-state index is -0.709. The Hall–Kier alpha value is -3.45. The van der Waals surface area contributed by atoms with Gasteiger partial charge in [0.15, 0.2) is 11.5 Å². The number of thiazole rings is 1. The maximum atomic E-state index is 12.8. The van der Waals surface area contributed by atoms with Gasteiger partial charge < -0.3 is 14.8 Å². The molecule has 1 atom stereocenters. The molecule has 1 aliphatic rings. The predicted molar refractivity (Wildman–Crippen MR) is 113 cm³/mol. The molecule has 2 aromatic heterocycles. The number of amides is 1. The molecular weight excluding hydrogens is 386 g/mol. The van der Waals surface area contributed by atoms with Crippen molar-refractivity contribution in [2.75, 3.05) is 11.9 Å². The number of fused-ring (bicyclic) bond motifs is 2. The van der Waals surface area contributed by atoms with E-state index in [1.807, 2.05) is 55.5 Å². The van der Waals surface area contributed by atoms with Crippen LogP contribution < -0.4 is 14.8 Å². The summed E-state index contributed by atoms with van der Waals surface area (Å²) in [5, 5.41) is 3.83. The van der Waals surface area contributed by atoms with E-state index in [9.17, 15) is 4.79 Å². The van der Waals surface area contributed by atoms with E-state index in [0.29, 0.717) is 11.5 Å². The lowest BCUT2D eigenvalue weighted by Crippen LogP contribution is -2.40. The van der Waals surface area contributed by atoms with Crippen molar-refractivity contribution in [2.24, 2.45) is 0 Å². The number of rotatable bonds is 3. The van der Waals surface area contributed by atoms with Crippen molar-refractivity contribution in [3.05, 3.63) is 66.4 Å². The normalized spacial score (nSPS) is 15.3. The summed E-state index contributed by atoms with van der Waals surface area (Å²) in [6, 6.07) is 17.1. The van der Waals surface area contributed by atoms with Gasteiger partial charge in [-0.1, -0.05) is 35.6 Å². The number of ether oxygens (including phenoxy) is 2. The Bertz CT molecular complexity index is 1190. The van der Waals surface area contributed by atoms with Crippen LogP contribution in [0.5, 0.6) is 11.5 Å². The second-order valence-corrected chi connectivity index (χ2v) is 7.71. The van der Waals surface area contributed by atoms with E-state index in [1.165, 1.54) is 11.3 Å². The Morgan fingerprint density at radius 2 is 2.00 bits per heavy atom. The predicted octanol–water partition coefficient (Wildman–Crippen LogP) is 4.45. The highest BCUT2D eigenvalue weighted by atomic mass is 32.1. The van der Waals surface area contributed by atoms with Crippen LogP contribution in [0.2, 0.25) is 0 Å². The van der Waals surface area contributed by atoms with Crippen molar-refractivity contribution in [2.45, 2.75) is 13.0 Å². The van der Waals surface area contributed by atoms with E-state index in [4.69, 9.17) is 9.47 Å². The number of hydrogen-bond acceptors (Lipinski definition) is 6. The molecule has 0 aliphatic carbocycles. The SMILES string of the molecule is Cc1ccc(-c2nc3cccnc3s2)cc1NC(=O)C1COc2ccccc2O1. The topological polar surface area (TPSA) is 73.3 Å². The summed E-state index contributed by atoms with van der Waals surface area (Å²) in [5.41, 5.74) is 3.48. The van der Waals surface area contributed by atoms with Gasteiger partial charge in [-0.05, 0) is 42.8 Å². The maximum Gasteiger partial charge on any atom is 0.269 e. The highest BCUT2D eigenvalue weighted by Crippen LogP contribution is 2.33. The van der Waals surface area contributed by atoms with Crippen molar-refractivity contribution in [3.8, 4) is 22.1 Å². The Kier molecular flexibility index (Phi) is 4.37. The number of hydrogen-bond donors (Lipinski definition) is 1. The number of benzene rings is 2. The molecule has 29 heavy (non-hydrogen) atoms. The lowest BCUT2D eigenvalue weighted by Gasteiger charge is -2.25. The van der Waals surface area contributed by atoms with Crippen molar-refractivity contribution < 1.29 is 14.3 Å². The number of aryl methyl sites for hydroxylation is 1. The first kappa shape index (κ1) is 17.6. The number of carbonyl (C=O) groups excluding carboxylic acids is 1. The molecule has 1 N–H and O–H groups in total. The number of nitrogens with zero attached hydrogens (tertiary/aromatic N) is 2. The van der Waals surface area contributed by atoms with Crippen LogP contribution in [0.1, 0.15) is 5.56 Å². The van der Waals surface area contributed by atoms with Crippen LogP contribution in [0.3, 0.4) is 0 Å². The van der Waals surface area contributed by atoms with Crippen LogP contribution in [-0.2, 0) is 4.79 Å². The third-order valence-electron chi connectivity index (χ3n) is 4.71. The van der Waals surface area contributed by atoms with E-state index in [0.717, 1.165) is 32.2 Å². The Morgan fingerprint density at radius 3 is 2.86 bits per heavy atom. The molecule has 0 saturated heterocycles. The van der Waals surface area contributed by atoms with Crippen molar-refractivity contribution in [3.63, 3.8) is 0 Å². The van der Waals surface area contributed by atoms with Crippen LogP contribution in [0.25, 0.3) is 20.9 Å². The van der Waals surface area contributed by atoms with E-state index in [-0.39, 0.29) is 12.5 Å². The van der Waals surface area contributed by atoms with Gasteiger partial charge in [0.05, 0.1) is 0 Å². The molecule has 1 unspecified atom stereocenters. The fourth-order valence-electron chi connectivity index (χ4n) is 3.14. The first-order valence-corrected chi connectivity index (χ1v) is 10.0. The van der Waals surface area contributed by atoms with Crippen LogP contribution in [0, 0.1) is 6.92 Å². The second-order valence-electron chi connectivity index (χ2n) is 6.73. The third-order valence-corrected chi connectivity index (χ3v) is 5.74. The van der Waals surface area contributed by atoms with Crippen molar-refractivity contribution in [1.82, 2.24) is 9.97 Å². The zero-order valence-electron chi connectivity index (χ0n) is 15.6. The quantitative estimate of drug-likeness (QED) is 0.547. The van der Waals surface area contributed by atoms with Gasteiger partial charge in [-0.15, -0.1) is 0 Å². The van der Waals surface area contributed by atoms with Crippen LogP contribution in [0.4, 0.5) is 5.69 Å². The minimum absolute atomic E-state index is 0.172. The molecule has 144 valence electrons. The third kappa shape index (κ3) is 3.40. The summed E-state index contributed by atoms with van der Waals surface area (Å²) in [6.45, 7) is 2.12. The lowest BCUT2D eigenvalue weighted by atomic mass is 10.1. The molecule has 0 bridgehead atoms. The first-order valence-electron chi connectivity index (χ1n) is 9.19. The fourth-order valence-corrected chi connectivity index (χ4v) is 4.05. The monoisotopic (exact) mass is 403 g/mol. The van der Waals surface area contributed by atoms with Gasteiger partial charge in [0.25, 0.3) is 5.91 Å². The summed E-state index contributed by atoms with van der Waals surface area (Å²) < 4.78 is 11.5. The van der Waals surface area contributed by atoms with Gasteiger partial charge >= 0.3 is 0 Å². The van der Waals surface area contributed by atoms with Crippen LogP contribution in [0.15, 0.2) is 60.8 Å². The maximum absolute atomic E-state index is 12.8. The van der Waals surface area contributed by atoms with Crippen molar-refractivity contribution in [1.29, 1.82) is 0 Å². The van der Waals surface area contributed by atoms with E-state index < -0.39 is 6.10 Å². The Balaban J connectivity index is 1.38. The lowest BCUT2D eigenvalue weighted by molar-refractivity contribution is -0.125. The molecule has 1 aliphatic heterocycles. The first-order chi connectivity index (χ1) is 14.2. The summed E-state index contributed by atoms with van der Waals surface area (Å²) in [6.07, 6.45) is 1.05. The van der Waals surface area contributed by atoms with E-state index in [1.54, 1.807) is 12.3 Å². The Labute approximate surface area is 171 Å². The highest BCUT2D eigenvalue weighted by molar-refractivity contribution is 7.21. The Morgan fingerprint density at radius 1 is 1.14 bits per heavy atom. The van der Waals surface area contributed by atoms with Gasteiger partial charge in [0.2, 0.25) is 6.10 Å². The number of carbonyl (C=O) groups is 1. The van der Waals surface area contributed by atoms with Crippen molar-refractivity contribution >= 4 is 33.3 Å². The van der Waals surface area contributed by atoms with Gasteiger partial charge in [-0.3, -0.25) is 4.79 Å². The molecular formula is C22H17N3O3S. The van der Waals surface area contributed by atoms with Gasteiger partial charge in [0.1, 0.15) is 22.0 Å². The standard InChI is InChI=1S/C22H17N3O3S/c1-13-8-9-14(21-25-15-5-4-10-23-22(15)29-21)11-16(13)24-20(26)19-12-27-17-6-2-3-7-18(17)28-19/h2-11,19H,12H2,1H3,(H,24,26). The van der Waals surface area contributed by atoms with Crippen LogP contribution in [-0.4, -0.2) is 28.6 Å². The molecule has 1 amide bonds. The molecule has 0 saturated carbocycles. The summed E-state index contributed by atoms with van der Waals surface area (Å²) in [4.78, 5) is 22.7. The number of pyridine rings is 1. The molecule has 7 heteroatoms. The number of nitrogens with one attached hydrogen (secondary N) is 1. The highest BCUT2D eigenvalue weighted by Gasteiger charge is 2.27. The molecule has 2 aromatic carbocycles.